The Balaban J connectivity index is 1.63. The number of likely N-dealkylation sites (tertiary alicyclic amines) is 1. The zero-order valence-corrected chi connectivity index (χ0v) is 15.5. The van der Waals surface area contributed by atoms with Gasteiger partial charge < -0.3 is 4.90 Å². The first kappa shape index (κ1) is 17.3. The van der Waals surface area contributed by atoms with Gasteiger partial charge in [0.05, 0.1) is 11.6 Å². The van der Waals surface area contributed by atoms with Crippen LogP contribution in [0.15, 0.2) is 23.3 Å². The molecule has 2 atom stereocenters. The molecule has 2 aliphatic rings. The smallest absolute Gasteiger partial charge is 0.341 e. The molecule has 0 aromatic carbocycles. The normalized spacial score (nSPS) is 22.5. The van der Waals surface area contributed by atoms with E-state index in [-0.39, 0.29) is 11.6 Å². The van der Waals surface area contributed by atoms with Gasteiger partial charge in [-0.3, -0.25) is 14.3 Å². The summed E-state index contributed by atoms with van der Waals surface area (Å²) in [4.78, 5) is 31.9. The molecule has 7 nitrogen and oxygen atoms in total. The van der Waals surface area contributed by atoms with Crippen LogP contribution in [0, 0.1) is 5.92 Å². The van der Waals surface area contributed by atoms with Gasteiger partial charge in [-0.05, 0) is 36.8 Å². The summed E-state index contributed by atoms with van der Waals surface area (Å²) >= 11 is 5.98. The number of rotatable bonds is 3. The lowest BCUT2D eigenvalue weighted by atomic mass is 10.0. The molecule has 138 valence electrons. The van der Waals surface area contributed by atoms with Gasteiger partial charge in [0.1, 0.15) is 11.9 Å². The number of hydrogen-bond donors (Lipinski definition) is 0. The first-order valence-corrected chi connectivity index (χ1v) is 9.47. The van der Waals surface area contributed by atoms with E-state index >= 15 is 0 Å². The Morgan fingerprint density at radius 2 is 2.19 bits per heavy atom. The summed E-state index contributed by atoms with van der Waals surface area (Å²) in [5.74, 6) is 1.28. The maximum absolute atomic E-state index is 13.0. The van der Waals surface area contributed by atoms with Crippen LogP contribution in [0.25, 0.3) is 0 Å². The number of amides is 1. The highest BCUT2D eigenvalue weighted by atomic mass is 35.5. The number of aromatic nitrogens is 4. The Morgan fingerprint density at radius 3 is 2.92 bits per heavy atom. The number of fused-ring (bicyclic) bond motifs is 1. The van der Waals surface area contributed by atoms with E-state index in [1.54, 1.807) is 23.0 Å². The van der Waals surface area contributed by atoms with Crippen molar-refractivity contribution in [1.82, 2.24) is 24.2 Å². The van der Waals surface area contributed by atoms with Crippen LogP contribution in [-0.2, 0) is 17.8 Å². The lowest BCUT2D eigenvalue weighted by Gasteiger charge is -2.27. The van der Waals surface area contributed by atoms with E-state index in [4.69, 9.17) is 11.6 Å². The van der Waals surface area contributed by atoms with E-state index in [0.717, 1.165) is 37.9 Å². The molecule has 1 amide bonds. The Bertz CT molecular complexity index is 890. The van der Waals surface area contributed by atoms with Crippen molar-refractivity contribution in [2.24, 2.45) is 5.92 Å². The molecule has 4 heterocycles. The van der Waals surface area contributed by atoms with E-state index in [1.165, 1.54) is 4.68 Å². The van der Waals surface area contributed by atoms with Crippen LogP contribution in [-0.4, -0.2) is 43.2 Å². The van der Waals surface area contributed by atoms with E-state index in [0.29, 0.717) is 29.7 Å². The number of halogens is 1. The number of aryl methyl sites for hydroxylation is 1. The van der Waals surface area contributed by atoms with Crippen molar-refractivity contribution < 1.29 is 4.79 Å². The minimum absolute atomic E-state index is 0.0568. The molecule has 0 aliphatic carbocycles. The fourth-order valence-electron chi connectivity index (χ4n) is 3.93. The largest absolute Gasteiger partial charge is 0.346 e. The van der Waals surface area contributed by atoms with Crippen LogP contribution in [0.4, 0.5) is 0 Å². The van der Waals surface area contributed by atoms with Crippen LogP contribution >= 0.6 is 11.6 Å². The number of pyridine rings is 1. The van der Waals surface area contributed by atoms with Gasteiger partial charge in [0.2, 0.25) is 5.91 Å². The van der Waals surface area contributed by atoms with Crippen LogP contribution in [0.2, 0.25) is 5.02 Å². The Kier molecular flexibility index (Phi) is 4.56. The molecule has 2 aromatic rings. The van der Waals surface area contributed by atoms with Gasteiger partial charge in [0.15, 0.2) is 0 Å². The van der Waals surface area contributed by atoms with Gasteiger partial charge in [-0.15, -0.1) is 0 Å². The third-order valence-electron chi connectivity index (χ3n) is 5.25. The first-order valence-electron chi connectivity index (χ1n) is 9.09. The van der Waals surface area contributed by atoms with Crippen molar-refractivity contribution in [3.63, 3.8) is 0 Å². The van der Waals surface area contributed by atoms with E-state index in [2.05, 4.69) is 17.0 Å². The molecule has 0 unspecified atom stereocenters. The molecule has 2 aromatic heterocycles. The Hall–Kier alpha value is -2.15. The molecule has 0 saturated carbocycles. The fraction of sp³-hybridized carbons (Fsp3) is 0.556. The third kappa shape index (κ3) is 3.16. The minimum Gasteiger partial charge on any atom is -0.341 e. The second-order valence-corrected chi connectivity index (χ2v) is 7.76. The topological polar surface area (TPSA) is 73.0 Å². The van der Waals surface area contributed by atoms with Gasteiger partial charge >= 0.3 is 5.69 Å². The van der Waals surface area contributed by atoms with Crippen LogP contribution in [0.3, 0.4) is 0 Å². The highest BCUT2D eigenvalue weighted by Crippen LogP contribution is 2.26. The molecule has 0 bridgehead atoms. The monoisotopic (exact) mass is 375 g/mol. The summed E-state index contributed by atoms with van der Waals surface area (Å²) in [7, 11) is 0. The van der Waals surface area contributed by atoms with E-state index < -0.39 is 6.04 Å². The number of carbonyl (C=O) groups excluding carboxylic acids is 1. The average molecular weight is 376 g/mol. The molecule has 1 fully saturated rings. The number of hydrogen-bond acceptors (Lipinski definition) is 4. The quantitative estimate of drug-likeness (QED) is 0.821. The maximum atomic E-state index is 13.0. The van der Waals surface area contributed by atoms with Crippen LogP contribution < -0.4 is 5.69 Å². The minimum atomic E-state index is -0.428. The predicted molar refractivity (Wildman–Crippen MR) is 97.2 cm³/mol. The summed E-state index contributed by atoms with van der Waals surface area (Å²) in [6.07, 6.45) is 6.54. The van der Waals surface area contributed by atoms with Crippen molar-refractivity contribution in [2.75, 3.05) is 13.1 Å². The molecular weight excluding hydrogens is 354 g/mol. The molecule has 0 spiro atoms. The molecule has 2 aliphatic heterocycles. The number of carbonyl (C=O) groups is 1. The third-order valence-corrected chi connectivity index (χ3v) is 5.45. The summed E-state index contributed by atoms with van der Waals surface area (Å²) in [6, 6.07) is 1.34. The van der Waals surface area contributed by atoms with Gasteiger partial charge in [0, 0.05) is 31.9 Å². The molecule has 1 saturated heterocycles. The molecule has 0 radical (unpaired) electrons. The molecule has 8 heteroatoms. The van der Waals surface area contributed by atoms with Crippen molar-refractivity contribution in [1.29, 1.82) is 0 Å². The maximum Gasteiger partial charge on any atom is 0.346 e. The molecule has 0 N–H and O–H groups in total. The van der Waals surface area contributed by atoms with Crippen molar-refractivity contribution in [3.05, 3.63) is 45.4 Å². The summed E-state index contributed by atoms with van der Waals surface area (Å²) in [5.41, 5.74) is 0.580. The first-order chi connectivity index (χ1) is 12.5. The van der Waals surface area contributed by atoms with E-state index in [9.17, 15) is 9.59 Å². The highest BCUT2D eigenvalue weighted by Gasteiger charge is 2.35. The summed E-state index contributed by atoms with van der Waals surface area (Å²) < 4.78 is 3.02. The zero-order valence-electron chi connectivity index (χ0n) is 14.8. The summed E-state index contributed by atoms with van der Waals surface area (Å²) in [5, 5.41) is 5.00. The van der Waals surface area contributed by atoms with Crippen molar-refractivity contribution in [3.8, 4) is 0 Å². The Morgan fingerprint density at radius 1 is 1.35 bits per heavy atom. The van der Waals surface area contributed by atoms with Crippen LogP contribution in [0.1, 0.15) is 43.6 Å². The second-order valence-electron chi connectivity index (χ2n) is 7.32. The van der Waals surface area contributed by atoms with Crippen molar-refractivity contribution >= 4 is 17.5 Å². The summed E-state index contributed by atoms with van der Waals surface area (Å²) in [6.45, 7) is 4.02. The molecule has 26 heavy (non-hydrogen) atoms. The fourth-order valence-corrected chi connectivity index (χ4v) is 4.13. The average Bonchev–Trinajstić information content (AvgIpc) is 3.18. The van der Waals surface area contributed by atoms with Gasteiger partial charge in [-0.2, -0.15) is 5.10 Å². The SMILES string of the molecule is C[C@H]1CCN(C(=O)[C@@H]2CCCc3nn(Cc4cncc(Cl)c4)c(=O)n32)C1. The molecular formula is C18H22ClN5O2. The predicted octanol–water partition coefficient (Wildman–Crippen LogP) is 1.89. The number of nitrogens with zero attached hydrogens (tertiary/aromatic N) is 5. The highest BCUT2D eigenvalue weighted by molar-refractivity contribution is 6.30. The van der Waals surface area contributed by atoms with Crippen molar-refractivity contribution in [2.45, 2.75) is 45.2 Å². The van der Waals surface area contributed by atoms with Crippen LogP contribution in [0.5, 0.6) is 0 Å². The van der Waals surface area contributed by atoms with Gasteiger partial charge in [-0.25, -0.2) is 9.48 Å². The zero-order chi connectivity index (χ0) is 18.3. The lowest BCUT2D eigenvalue weighted by molar-refractivity contribution is -0.134. The Labute approximate surface area is 156 Å². The molecule has 4 rings (SSSR count). The lowest BCUT2D eigenvalue weighted by Crippen LogP contribution is -2.41. The standard InChI is InChI=1S/C18H22ClN5O2/c1-12-5-6-22(10-12)17(25)15-3-2-4-16-21-23(18(26)24(15)16)11-13-7-14(19)9-20-8-13/h7-9,12,15H,2-6,10-11H2,1H3/t12-,15-/m0/s1. The van der Waals surface area contributed by atoms with Gasteiger partial charge in [-0.1, -0.05) is 18.5 Å². The van der Waals surface area contributed by atoms with Gasteiger partial charge in [0.25, 0.3) is 0 Å². The second kappa shape index (κ2) is 6.87. The van der Waals surface area contributed by atoms with E-state index in [1.807, 2.05) is 4.90 Å².